The molecule has 72 heavy (non-hydrogen) atoms. The van der Waals surface area contributed by atoms with Crippen molar-refractivity contribution in [2.45, 2.75) is 222 Å². The molecule has 23 atom stereocenters. The quantitative estimate of drug-likeness (QED) is 0.131. The zero-order chi connectivity index (χ0) is 52.4. The minimum absolute atomic E-state index is 0.0197. The minimum Gasteiger partial charge on any atom is -0.507 e. The van der Waals surface area contributed by atoms with E-state index in [1.165, 1.54) is 33.1 Å². The zero-order valence-electron chi connectivity index (χ0n) is 41.4. The fourth-order valence-electron chi connectivity index (χ4n) is 10.9. The second kappa shape index (κ2) is 21.7. The number of hydrogen-bond donors (Lipinski definition) is 10. The maximum Gasteiger partial charge on any atom is 0.333 e. The molecule has 0 saturated carbocycles. The Labute approximate surface area is 415 Å². The van der Waals surface area contributed by atoms with E-state index in [9.17, 15) is 60.7 Å². The van der Waals surface area contributed by atoms with Crippen molar-refractivity contribution in [1.82, 2.24) is 0 Å². The Balaban J connectivity index is 1.01. The number of carboxylic acids is 1. The molecule has 5 fully saturated rings. The molecule has 23 nitrogen and oxygen atoms in total. The van der Waals surface area contributed by atoms with Gasteiger partial charge in [-0.2, -0.15) is 0 Å². The molecule has 8 rings (SSSR count). The van der Waals surface area contributed by atoms with E-state index in [1.54, 1.807) is 34.6 Å². The number of aliphatic carboxylic acids is 1. The fourth-order valence-corrected chi connectivity index (χ4v) is 10.9. The molecule has 5 heterocycles. The third-order valence-electron chi connectivity index (χ3n) is 15.1. The van der Waals surface area contributed by atoms with Crippen molar-refractivity contribution in [3.8, 4) is 17.2 Å². The summed E-state index contributed by atoms with van der Waals surface area (Å²) in [6.07, 6.45) is -23.0. The number of hydrogen-bond acceptors (Lipinski definition) is 22. The average molecular weight is 1030 g/mol. The largest absolute Gasteiger partial charge is 0.507 e. The molecule has 0 aromatic heterocycles. The van der Waals surface area contributed by atoms with Gasteiger partial charge >= 0.3 is 5.97 Å². The Morgan fingerprint density at radius 1 is 0.681 bits per heavy atom. The highest BCUT2D eigenvalue weighted by atomic mass is 16.7. The highest BCUT2D eigenvalue weighted by molar-refractivity contribution is 6.11. The van der Waals surface area contributed by atoms with Crippen LogP contribution in [0.3, 0.4) is 0 Å². The van der Waals surface area contributed by atoms with Crippen molar-refractivity contribution in [3.05, 3.63) is 28.8 Å². The van der Waals surface area contributed by atoms with E-state index in [2.05, 4.69) is 0 Å². The van der Waals surface area contributed by atoms with Crippen LogP contribution in [0.2, 0.25) is 0 Å². The molecule has 5 saturated heterocycles. The van der Waals surface area contributed by atoms with Crippen molar-refractivity contribution in [2.24, 2.45) is 5.92 Å². The van der Waals surface area contributed by atoms with E-state index in [0.29, 0.717) is 0 Å². The highest BCUT2D eigenvalue weighted by Crippen LogP contribution is 2.47. The van der Waals surface area contributed by atoms with Gasteiger partial charge in [0.05, 0.1) is 71.5 Å². The molecule has 23 heteroatoms. The van der Waals surface area contributed by atoms with E-state index < -0.39 is 164 Å². The number of aromatic hydroxyl groups is 2. The van der Waals surface area contributed by atoms with Gasteiger partial charge in [-0.05, 0) is 78.0 Å². The van der Waals surface area contributed by atoms with E-state index in [4.69, 9.17) is 52.1 Å². The van der Waals surface area contributed by atoms with Gasteiger partial charge in [0.25, 0.3) is 0 Å². The highest BCUT2D eigenvalue weighted by Gasteiger charge is 2.51. The first kappa shape index (κ1) is 54.8. The van der Waals surface area contributed by atoms with E-state index >= 15 is 0 Å². The number of phenolic OH excluding ortho intramolecular Hbond substituents is 2. The van der Waals surface area contributed by atoms with Gasteiger partial charge in [-0.1, -0.05) is 0 Å². The normalized spacial score (nSPS) is 43.3. The molecule has 5 aliphatic heterocycles. The topological polar surface area (TPSA) is 338 Å². The maximum absolute atomic E-state index is 14.7. The smallest absolute Gasteiger partial charge is 0.333 e. The Morgan fingerprint density at radius 3 is 1.69 bits per heavy atom. The molecule has 0 unspecified atom stereocenters. The van der Waals surface area contributed by atoms with Crippen LogP contribution in [0.5, 0.6) is 17.2 Å². The maximum atomic E-state index is 14.7. The van der Waals surface area contributed by atoms with Gasteiger partial charge in [-0.15, -0.1) is 0 Å². The SMILES string of the molecule is CO[C@H](C(=O)O)[C@@H]1Cc2cc3cc(O[C@H]4C[C@@H](O[C@H]5C[C@@H](O)[C@H](O)[C@@H](C)O5)[C@H](O)[C@@H](C)O4)c(C)c(O)c3c(O)c2C(=O)[C@H]1O[C@H]1C[C@@H](O[C@H]2C[C@@H](O[C@H]3C[C@](C)(O)[C@H](O)[C@@H](C)O3)[C@@H](O)[C@@H](C)O2)[C@H](O)[C@@H](C)O1. The van der Waals surface area contributed by atoms with Gasteiger partial charge in [-0.25, -0.2) is 4.79 Å². The van der Waals surface area contributed by atoms with Crippen LogP contribution < -0.4 is 4.74 Å². The van der Waals surface area contributed by atoms with Gasteiger partial charge in [0.1, 0.15) is 53.9 Å². The number of rotatable bonds is 13. The lowest BCUT2D eigenvalue weighted by molar-refractivity contribution is -0.334. The van der Waals surface area contributed by atoms with Crippen LogP contribution in [0.1, 0.15) is 95.1 Å². The number of aliphatic hydroxyl groups excluding tert-OH is 6. The first-order valence-corrected chi connectivity index (χ1v) is 24.5. The standard InChI is InChI=1S/C49H70O23/c1-17-27(68-32-13-28(40(53)19(3)64-32)69-31-12-26(50)39(52)18(2)63-31)11-24-9-23-10-25(46(62-8)48(59)60)45(44(57)37(23)43(56)36(24)38(17)51)72-34-15-29(41(54)21(5)66-34)70-33-14-30(42(55)20(4)65-33)71-35-16-49(7,61)47(58)22(6)67-35/h9,11,18-22,25-26,28-35,39-42,45-47,50-56,58,61H,10,12-16H2,1-8H3,(H,59,60)/t18-,19-,20-,21-,22-,25-,26-,28-,29-,30-,31+,32+,33+,34+,35+,39-,40-,41-,42+,45+,46+,47-,49+/m1/s1. The van der Waals surface area contributed by atoms with Crippen LogP contribution in [0.15, 0.2) is 12.1 Å². The molecule has 10 N–H and O–H groups in total. The third kappa shape index (κ3) is 11.0. The molecule has 0 bridgehead atoms. The molecule has 2 aromatic rings. The van der Waals surface area contributed by atoms with Gasteiger partial charge in [0, 0.05) is 50.7 Å². The molecule has 0 spiro atoms. The van der Waals surface area contributed by atoms with Crippen LogP contribution >= 0.6 is 0 Å². The number of benzene rings is 2. The number of aliphatic hydroxyl groups is 7. The molecule has 1 aliphatic carbocycles. The van der Waals surface area contributed by atoms with Crippen molar-refractivity contribution in [2.75, 3.05) is 7.11 Å². The number of ketones is 1. The van der Waals surface area contributed by atoms with E-state index in [1.807, 2.05) is 0 Å². The number of carboxylic acid groups (broad SMARTS) is 1. The predicted molar refractivity (Wildman–Crippen MR) is 244 cm³/mol. The monoisotopic (exact) mass is 1030 g/mol. The lowest BCUT2D eigenvalue weighted by atomic mass is 9.76. The zero-order valence-corrected chi connectivity index (χ0v) is 41.4. The molecule has 404 valence electrons. The van der Waals surface area contributed by atoms with Crippen LogP contribution in [0, 0.1) is 12.8 Å². The Bertz CT molecular complexity index is 2250. The number of fused-ring (bicyclic) bond motifs is 2. The summed E-state index contributed by atoms with van der Waals surface area (Å²) in [6, 6.07) is 3.05. The summed E-state index contributed by atoms with van der Waals surface area (Å²) in [5.41, 5.74) is -1.39. The molecule has 6 aliphatic rings. The van der Waals surface area contributed by atoms with Gasteiger partial charge < -0.3 is 103 Å². The van der Waals surface area contributed by atoms with Crippen LogP contribution in [-0.2, 0) is 58.6 Å². The molecular formula is C49H70O23. The van der Waals surface area contributed by atoms with Gasteiger partial charge in [0.2, 0.25) is 6.29 Å². The van der Waals surface area contributed by atoms with Crippen molar-refractivity contribution < 1.29 is 113 Å². The van der Waals surface area contributed by atoms with Crippen LogP contribution in [0.4, 0.5) is 0 Å². The van der Waals surface area contributed by atoms with Gasteiger partial charge in [-0.3, -0.25) is 4.79 Å². The fraction of sp³-hybridized carbons (Fsp3) is 0.755. The summed E-state index contributed by atoms with van der Waals surface area (Å²) < 4.78 is 65.9. The molecule has 0 amide bonds. The van der Waals surface area contributed by atoms with E-state index in [-0.39, 0.29) is 71.7 Å². The number of ether oxygens (including phenoxy) is 11. The van der Waals surface area contributed by atoms with Crippen molar-refractivity contribution in [3.63, 3.8) is 0 Å². The first-order chi connectivity index (χ1) is 33.9. The lowest BCUT2D eigenvalue weighted by Crippen LogP contribution is -2.58. The summed E-state index contributed by atoms with van der Waals surface area (Å²) in [4.78, 5) is 27.5. The first-order valence-electron chi connectivity index (χ1n) is 24.5. The van der Waals surface area contributed by atoms with Crippen molar-refractivity contribution in [1.29, 1.82) is 0 Å². The minimum atomic E-state index is -1.61. The summed E-state index contributed by atoms with van der Waals surface area (Å²) in [5.74, 6) is -4.37. The summed E-state index contributed by atoms with van der Waals surface area (Å²) in [7, 11) is 1.17. The number of methoxy groups -OCH3 is 1. The lowest BCUT2D eigenvalue weighted by Gasteiger charge is -2.46. The van der Waals surface area contributed by atoms with Gasteiger partial charge in [0.15, 0.2) is 37.0 Å². The third-order valence-corrected chi connectivity index (χ3v) is 15.1. The Kier molecular flexibility index (Phi) is 16.5. The molecular weight excluding hydrogens is 957 g/mol. The van der Waals surface area contributed by atoms with Crippen LogP contribution in [0.25, 0.3) is 10.8 Å². The number of carbonyl (C=O) groups is 2. The van der Waals surface area contributed by atoms with E-state index in [0.717, 1.165) is 0 Å². The molecule has 2 aromatic carbocycles. The Morgan fingerprint density at radius 2 is 1.17 bits per heavy atom. The Hall–Kier alpha value is -3.44. The van der Waals surface area contributed by atoms with Crippen LogP contribution in [-0.4, -0.2) is 205 Å². The summed E-state index contributed by atoms with van der Waals surface area (Å²) in [5, 5.41) is 109. The number of carbonyl (C=O) groups excluding carboxylic acids is 1. The average Bonchev–Trinajstić information content (AvgIpc) is 3.29. The second-order valence-corrected chi connectivity index (χ2v) is 20.5. The number of phenols is 2. The van der Waals surface area contributed by atoms with Crippen molar-refractivity contribution >= 4 is 22.5 Å². The predicted octanol–water partition coefficient (Wildman–Crippen LogP) is 0.525. The summed E-state index contributed by atoms with van der Waals surface area (Å²) in [6.45, 7) is 10.9. The number of Topliss-reactive ketones (excluding diaryl/α,β-unsaturated/α-hetero) is 1. The second-order valence-electron chi connectivity index (χ2n) is 20.5. The molecule has 0 radical (unpaired) electrons. The summed E-state index contributed by atoms with van der Waals surface area (Å²) >= 11 is 0.